The molecule has 4 rings (SSSR count). The van der Waals surface area contributed by atoms with E-state index in [0.717, 1.165) is 29.5 Å². The Morgan fingerprint density at radius 1 is 1.12 bits per heavy atom. The smallest absolute Gasteiger partial charge is 0.174 e. The molecular formula is C21H22N4S. The number of pyridine rings is 1. The molecule has 0 radical (unpaired) electrons. The highest BCUT2D eigenvalue weighted by molar-refractivity contribution is 7.80. The topological polar surface area (TPSA) is 33.1 Å². The summed E-state index contributed by atoms with van der Waals surface area (Å²) in [7, 11) is 0. The van der Waals surface area contributed by atoms with Gasteiger partial charge in [0.05, 0.1) is 6.04 Å². The molecule has 0 spiro atoms. The van der Waals surface area contributed by atoms with Crippen molar-refractivity contribution in [3.8, 4) is 0 Å². The lowest BCUT2D eigenvalue weighted by Crippen LogP contribution is -2.44. The van der Waals surface area contributed by atoms with Crippen LogP contribution in [0, 0.1) is 13.8 Å². The van der Waals surface area contributed by atoms with Gasteiger partial charge in [-0.2, -0.15) is 0 Å². The monoisotopic (exact) mass is 362 g/mol. The highest BCUT2D eigenvalue weighted by Crippen LogP contribution is 2.32. The first-order valence-electron chi connectivity index (χ1n) is 8.84. The summed E-state index contributed by atoms with van der Waals surface area (Å²) in [6, 6.07) is 14.7. The normalized spacial score (nSPS) is 16.2. The Morgan fingerprint density at radius 2 is 2.00 bits per heavy atom. The number of thiocarbonyl (C=S) groups is 1. The Labute approximate surface area is 159 Å². The number of hydrogen-bond acceptors (Lipinski definition) is 2. The van der Waals surface area contributed by atoms with Gasteiger partial charge in [-0.25, -0.2) is 0 Å². The number of fused-ring (bicyclic) bond motifs is 1. The summed E-state index contributed by atoms with van der Waals surface area (Å²) in [4.78, 5) is 6.59. The molecule has 0 aliphatic carbocycles. The summed E-state index contributed by atoms with van der Waals surface area (Å²) in [6.07, 6.45) is 5.88. The Kier molecular flexibility index (Phi) is 4.47. The first kappa shape index (κ1) is 16.8. The molecular weight excluding hydrogens is 340 g/mol. The molecule has 1 N–H and O–H groups in total. The maximum atomic E-state index is 5.82. The van der Waals surface area contributed by atoms with Crippen LogP contribution >= 0.6 is 12.2 Å². The number of aryl methyl sites for hydroxylation is 1. The predicted molar refractivity (Wildman–Crippen MR) is 109 cm³/mol. The number of benzene rings is 1. The average molecular weight is 363 g/mol. The van der Waals surface area contributed by atoms with E-state index in [1.807, 2.05) is 18.5 Å². The number of nitrogens with one attached hydrogen (secondary N) is 1. The van der Waals surface area contributed by atoms with E-state index < -0.39 is 0 Å². The van der Waals surface area contributed by atoms with Gasteiger partial charge in [-0.3, -0.25) is 4.98 Å². The van der Waals surface area contributed by atoms with Crippen LogP contribution in [0.4, 0.5) is 5.69 Å². The van der Waals surface area contributed by atoms with Gasteiger partial charge in [-0.15, -0.1) is 0 Å². The Balaban J connectivity index is 1.68. The summed E-state index contributed by atoms with van der Waals surface area (Å²) in [5.41, 5.74) is 5.95. The van der Waals surface area contributed by atoms with Crippen LogP contribution in [-0.2, 0) is 6.54 Å². The van der Waals surface area contributed by atoms with Crippen LogP contribution in [0.25, 0.3) is 0 Å². The van der Waals surface area contributed by atoms with Crippen LogP contribution in [0.1, 0.15) is 28.4 Å². The first-order valence-corrected chi connectivity index (χ1v) is 9.25. The van der Waals surface area contributed by atoms with Crippen LogP contribution in [0.3, 0.4) is 0 Å². The van der Waals surface area contributed by atoms with Crippen molar-refractivity contribution >= 4 is 23.0 Å². The van der Waals surface area contributed by atoms with Gasteiger partial charge < -0.3 is 14.8 Å². The molecule has 2 aromatic heterocycles. The molecule has 0 fully saturated rings. The number of rotatable bonds is 2. The third-order valence-electron chi connectivity index (χ3n) is 5.15. The van der Waals surface area contributed by atoms with Crippen molar-refractivity contribution in [2.75, 3.05) is 11.9 Å². The minimum Gasteiger partial charge on any atom is -0.348 e. The summed E-state index contributed by atoms with van der Waals surface area (Å²) in [5, 5.41) is 4.22. The lowest BCUT2D eigenvalue weighted by molar-refractivity contribution is 0.293. The maximum Gasteiger partial charge on any atom is 0.174 e. The fraction of sp³-hybridized carbons (Fsp3) is 0.238. The van der Waals surface area contributed by atoms with E-state index in [1.54, 1.807) is 0 Å². The number of aromatic nitrogens is 2. The first-order chi connectivity index (χ1) is 12.6. The van der Waals surface area contributed by atoms with Gasteiger partial charge in [0.15, 0.2) is 5.11 Å². The van der Waals surface area contributed by atoms with E-state index >= 15 is 0 Å². The van der Waals surface area contributed by atoms with Crippen molar-refractivity contribution in [1.82, 2.24) is 14.5 Å². The van der Waals surface area contributed by atoms with E-state index in [9.17, 15) is 0 Å². The summed E-state index contributed by atoms with van der Waals surface area (Å²) >= 11 is 5.82. The van der Waals surface area contributed by atoms with Crippen LogP contribution < -0.4 is 5.32 Å². The van der Waals surface area contributed by atoms with Gasteiger partial charge in [0.1, 0.15) is 0 Å². The lowest BCUT2D eigenvalue weighted by atomic mass is 10.0. The minimum atomic E-state index is 0.0672. The zero-order chi connectivity index (χ0) is 18.1. The van der Waals surface area contributed by atoms with Crippen LogP contribution in [0.5, 0.6) is 0 Å². The van der Waals surface area contributed by atoms with Crippen molar-refractivity contribution in [3.05, 3.63) is 83.4 Å². The predicted octanol–water partition coefficient (Wildman–Crippen LogP) is 4.30. The quantitative estimate of drug-likeness (QED) is 0.689. The summed E-state index contributed by atoms with van der Waals surface area (Å²) in [5.74, 6) is 0. The Hall–Kier alpha value is -2.66. The molecule has 26 heavy (non-hydrogen) atoms. The molecule has 3 heterocycles. The van der Waals surface area contributed by atoms with Gasteiger partial charge in [-0.05, 0) is 67.0 Å². The number of hydrogen-bond donors (Lipinski definition) is 1. The van der Waals surface area contributed by atoms with Gasteiger partial charge in [0.25, 0.3) is 0 Å². The number of anilines is 1. The van der Waals surface area contributed by atoms with Crippen molar-refractivity contribution in [2.45, 2.75) is 26.4 Å². The van der Waals surface area contributed by atoms with E-state index in [1.165, 1.54) is 16.8 Å². The molecule has 0 bridgehead atoms. The molecule has 3 aromatic rings. The van der Waals surface area contributed by atoms with Crippen molar-refractivity contribution in [1.29, 1.82) is 0 Å². The third kappa shape index (κ3) is 2.99. The molecule has 0 unspecified atom stereocenters. The SMILES string of the molecule is Cc1cccc(NC(=S)N2CCn3cccc3[C@H]2c2cccnc2)c1C. The van der Waals surface area contributed by atoms with E-state index in [4.69, 9.17) is 12.2 Å². The molecule has 0 amide bonds. The van der Waals surface area contributed by atoms with Gasteiger partial charge in [-0.1, -0.05) is 18.2 Å². The summed E-state index contributed by atoms with van der Waals surface area (Å²) < 4.78 is 2.30. The van der Waals surface area contributed by atoms with Crippen molar-refractivity contribution in [3.63, 3.8) is 0 Å². The van der Waals surface area contributed by atoms with Crippen molar-refractivity contribution in [2.24, 2.45) is 0 Å². The van der Waals surface area contributed by atoms with Gasteiger partial charge in [0, 0.05) is 43.1 Å². The van der Waals surface area contributed by atoms with E-state index in [2.05, 4.69) is 76.2 Å². The van der Waals surface area contributed by atoms with Gasteiger partial charge >= 0.3 is 0 Å². The molecule has 1 aliphatic rings. The van der Waals surface area contributed by atoms with Crippen LogP contribution in [0.2, 0.25) is 0 Å². The second-order valence-electron chi connectivity index (χ2n) is 6.69. The van der Waals surface area contributed by atoms with E-state index in [0.29, 0.717) is 0 Å². The minimum absolute atomic E-state index is 0.0672. The Morgan fingerprint density at radius 3 is 2.81 bits per heavy atom. The van der Waals surface area contributed by atoms with Gasteiger partial charge in [0.2, 0.25) is 0 Å². The zero-order valence-electron chi connectivity index (χ0n) is 15.0. The molecule has 5 heteroatoms. The van der Waals surface area contributed by atoms with E-state index in [-0.39, 0.29) is 6.04 Å². The fourth-order valence-corrected chi connectivity index (χ4v) is 3.87. The van der Waals surface area contributed by atoms with Crippen molar-refractivity contribution < 1.29 is 0 Å². The van der Waals surface area contributed by atoms with Crippen LogP contribution in [-0.4, -0.2) is 26.1 Å². The molecule has 1 aliphatic heterocycles. The molecule has 1 aromatic carbocycles. The largest absolute Gasteiger partial charge is 0.348 e. The zero-order valence-corrected chi connectivity index (χ0v) is 15.8. The highest BCUT2D eigenvalue weighted by atomic mass is 32.1. The maximum absolute atomic E-state index is 5.82. The van der Waals surface area contributed by atoms with Crippen LogP contribution in [0.15, 0.2) is 61.1 Å². The highest BCUT2D eigenvalue weighted by Gasteiger charge is 2.30. The molecule has 1 atom stereocenters. The third-order valence-corrected chi connectivity index (χ3v) is 5.48. The second kappa shape index (κ2) is 6.92. The fourth-order valence-electron chi connectivity index (χ4n) is 3.56. The molecule has 0 saturated carbocycles. The molecule has 132 valence electrons. The second-order valence-corrected chi connectivity index (χ2v) is 7.07. The Bertz CT molecular complexity index is 932. The average Bonchev–Trinajstić information content (AvgIpc) is 3.14. The lowest BCUT2D eigenvalue weighted by Gasteiger charge is -2.39. The standard InChI is InChI=1S/C21H22N4S/c1-15-6-3-8-18(16(15)2)23-21(26)25-13-12-24-11-5-9-19(24)20(25)17-7-4-10-22-14-17/h3-11,14,20H,12-13H2,1-2H3,(H,23,26)/t20-/m1/s1. The molecule has 4 nitrogen and oxygen atoms in total. The number of nitrogens with zero attached hydrogens (tertiary/aromatic N) is 3. The summed E-state index contributed by atoms with van der Waals surface area (Å²) in [6.45, 7) is 6.03. The molecule has 0 saturated heterocycles.